The third-order valence-electron chi connectivity index (χ3n) is 1.87. The fourth-order valence-electron chi connectivity index (χ4n) is 0.955. The number of anilines is 1. The fraction of sp³-hybridized carbons (Fsp3) is 0.100. The van der Waals surface area contributed by atoms with Crippen molar-refractivity contribution in [2.24, 2.45) is 0 Å². The topological polar surface area (TPSA) is 83.5 Å². The maximum absolute atomic E-state index is 11.3. The Morgan fingerprint density at radius 1 is 1.31 bits per heavy atom. The first-order valence-electron chi connectivity index (χ1n) is 4.35. The minimum Gasteiger partial charge on any atom is -0.321 e. The van der Waals surface area contributed by atoms with E-state index in [1.54, 1.807) is 24.3 Å². The number of hydrogen-bond donors (Lipinski definition) is 2. The summed E-state index contributed by atoms with van der Waals surface area (Å²) in [5, 5.41) is 2.30. The molecule has 6 heteroatoms. The van der Waals surface area contributed by atoms with Crippen molar-refractivity contribution in [3.05, 3.63) is 41.3 Å². The Balaban J connectivity index is 2.80. The quantitative estimate of drug-likeness (QED) is 0.617. The Hall–Kier alpha value is -1.66. The Morgan fingerprint density at radius 2 is 1.81 bits per heavy atom. The Morgan fingerprint density at radius 3 is 2.25 bits per heavy atom. The third-order valence-corrected chi connectivity index (χ3v) is 2.68. The Bertz CT molecular complexity index is 516. The van der Waals surface area contributed by atoms with Gasteiger partial charge in [-0.05, 0) is 19.1 Å². The molecule has 0 saturated carbocycles. The van der Waals surface area contributed by atoms with E-state index in [0.717, 1.165) is 5.56 Å². The minimum absolute atomic E-state index is 0.431. The van der Waals surface area contributed by atoms with E-state index >= 15 is 0 Å². The molecule has 1 rings (SSSR count). The molecule has 16 heavy (non-hydrogen) atoms. The highest BCUT2D eigenvalue weighted by molar-refractivity contribution is 7.90. The van der Waals surface area contributed by atoms with Crippen LogP contribution in [0, 0.1) is 6.92 Å². The molecule has 0 aliphatic heterocycles. The van der Waals surface area contributed by atoms with Crippen LogP contribution in [0.15, 0.2) is 35.7 Å². The molecule has 0 fully saturated rings. The second-order valence-electron chi connectivity index (χ2n) is 3.22. The van der Waals surface area contributed by atoms with E-state index in [0.29, 0.717) is 5.69 Å². The maximum Gasteiger partial charge on any atom is 0.299 e. The molecule has 5 nitrogen and oxygen atoms in total. The molecule has 0 radical (unpaired) electrons. The van der Waals surface area contributed by atoms with Crippen LogP contribution in [0.1, 0.15) is 5.56 Å². The summed E-state index contributed by atoms with van der Waals surface area (Å²) in [6.45, 7) is 4.87. The van der Waals surface area contributed by atoms with Gasteiger partial charge in [0.15, 0.2) is 4.91 Å². The maximum atomic E-state index is 11.3. The molecular weight excluding hydrogens is 230 g/mol. The standard InChI is InChI=1S/C10H11NO4S/c1-7-3-5-9(6-4-7)11-10(12)8(2)16(13,14)15/h3-6H,2H2,1H3,(H,11,12)(H,13,14,15). The van der Waals surface area contributed by atoms with Gasteiger partial charge in [0.05, 0.1) is 0 Å². The molecule has 1 aromatic carbocycles. The van der Waals surface area contributed by atoms with Crippen LogP contribution in [0.25, 0.3) is 0 Å². The molecule has 0 heterocycles. The highest BCUT2D eigenvalue weighted by Crippen LogP contribution is 2.11. The number of aryl methyl sites for hydroxylation is 1. The van der Waals surface area contributed by atoms with Gasteiger partial charge in [0.2, 0.25) is 0 Å². The summed E-state index contributed by atoms with van der Waals surface area (Å²) in [4.78, 5) is 10.4. The molecular formula is C10H11NO4S. The zero-order valence-corrected chi connectivity index (χ0v) is 9.41. The monoisotopic (exact) mass is 241 g/mol. The van der Waals surface area contributed by atoms with Crippen LogP contribution in [0.4, 0.5) is 5.69 Å². The van der Waals surface area contributed by atoms with Crippen LogP contribution in [0.2, 0.25) is 0 Å². The molecule has 86 valence electrons. The zero-order valence-electron chi connectivity index (χ0n) is 8.60. The lowest BCUT2D eigenvalue weighted by molar-refractivity contribution is -0.112. The lowest BCUT2D eigenvalue weighted by Gasteiger charge is -2.05. The van der Waals surface area contributed by atoms with Gasteiger partial charge in [-0.3, -0.25) is 9.35 Å². The van der Waals surface area contributed by atoms with Crippen LogP contribution in [0.5, 0.6) is 0 Å². The normalized spacial score (nSPS) is 10.9. The van der Waals surface area contributed by atoms with E-state index in [2.05, 4.69) is 11.9 Å². The van der Waals surface area contributed by atoms with Gasteiger partial charge in [-0.15, -0.1) is 0 Å². The van der Waals surface area contributed by atoms with E-state index in [-0.39, 0.29) is 0 Å². The molecule has 0 saturated heterocycles. The summed E-state index contributed by atoms with van der Waals surface area (Å²) >= 11 is 0. The molecule has 0 atom stereocenters. The van der Waals surface area contributed by atoms with Crippen molar-refractivity contribution < 1.29 is 17.8 Å². The highest BCUT2D eigenvalue weighted by Gasteiger charge is 2.19. The molecule has 1 aromatic rings. The van der Waals surface area contributed by atoms with Crippen LogP contribution >= 0.6 is 0 Å². The predicted molar refractivity (Wildman–Crippen MR) is 60.5 cm³/mol. The van der Waals surface area contributed by atoms with E-state index in [4.69, 9.17) is 4.55 Å². The number of hydrogen-bond acceptors (Lipinski definition) is 3. The Labute approximate surface area is 93.5 Å². The summed E-state index contributed by atoms with van der Waals surface area (Å²) < 4.78 is 29.8. The molecule has 2 N–H and O–H groups in total. The van der Waals surface area contributed by atoms with Gasteiger partial charge in [-0.1, -0.05) is 24.3 Å². The Kier molecular flexibility index (Phi) is 3.46. The fourth-order valence-corrected chi connectivity index (χ4v) is 1.24. The predicted octanol–water partition coefficient (Wildman–Crippen LogP) is 1.34. The number of benzene rings is 1. The van der Waals surface area contributed by atoms with E-state index in [1.165, 1.54) is 0 Å². The van der Waals surface area contributed by atoms with Gasteiger partial charge >= 0.3 is 0 Å². The first kappa shape index (κ1) is 12.4. The molecule has 0 aromatic heterocycles. The number of carbonyl (C=O) groups excluding carboxylic acids is 1. The van der Waals surface area contributed by atoms with Crippen LogP contribution in [0.3, 0.4) is 0 Å². The SMILES string of the molecule is C=C(C(=O)Nc1ccc(C)cc1)S(=O)(=O)O. The van der Waals surface area contributed by atoms with Crippen LogP contribution in [-0.2, 0) is 14.9 Å². The van der Waals surface area contributed by atoms with Crippen molar-refractivity contribution in [1.82, 2.24) is 0 Å². The molecule has 0 aliphatic carbocycles. The van der Waals surface area contributed by atoms with Gasteiger partial charge in [-0.25, -0.2) is 0 Å². The first-order chi connectivity index (χ1) is 7.30. The summed E-state index contributed by atoms with van der Waals surface area (Å²) in [6.07, 6.45) is 0. The van der Waals surface area contributed by atoms with E-state index < -0.39 is 20.9 Å². The van der Waals surface area contributed by atoms with Gasteiger partial charge in [0, 0.05) is 5.69 Å². The van der Waals surface area contributed by atoms with Crippen molar-refractivity contribution in [1.29, 1.82) is 0 Å². The smallest absolute Gasteiger partial charge is 0.299 e. The largest absolute Gasteiger partial charge is 0.321 e. The van der Waals surface area contributed by atoms with Crippen molar-refractivity contribution in [3.63, 3.8) is 0 Å². The summed E-state index contributed by atoms with van der Waals surface area (Å²) in [7, 11) is -4.54. The minimum atomic E-state index is -4.54. The van der Waals surface area contributed by atoms with Crippen LogP contribution in [-0.4, -0.2) is 18.9 Å². The van der Waals surface area contributed by atoms with E-state index in [9.17, 15) is 13.2 Å². The van der Waals surface area contributed by atoms with Gasteiger partial charge in [0.1, 0.15) is 0 Å². The third kappa shape index (κ3) is 3.18. The van der Waals surface area contributed by atoms with Crippen molar-refractivity contribution in [3.8, 4) is 0 Å². The number of amides is 1. The molecule has 0 spiro atoms. The van der Waals surface area contributed by atoms with Crippen molar-refractivity contribution >= 4 is 21.7 Å². The van der Waals surface area contributed by atoms with E-state index in [1.807, 2.05) is 6.92 Å². The number of rotatable bonds is 3. The number of nitrogens with one attached hydrogen (secondary N) is 1. The van der Waals surface area contributed by atoms with Gasteiger partial charge < -0.3 is 5.32 Å². The van der Waals surface area contributed by atoms with Gasteiger partial charge in [0.25, 0.3) is 16.0 Å². The molecule has 0 bridgehead atoms. The first-order valence-corrected chi connectivity index (χ1v) is 5.79. The zero-order chi connectivity index (χ0) is 12.3. The second kappa shape index (κ2) is 4.46. The summed E-state index contributed by atoms with van der Waals surface area (Å²) in [6, 6.07) is 6.74. The lowest BCUT2D eigenvalue weighted by Crippen LogP contribution is -2.19. The summed E-state index contributed by atoms with van der Waals surface area (Å²) in [5.74, 6) is -0.952. The average molecular weight is 241 g/mol. The van der Waals surface area contributed by atoms with Crippen LogP contribution < -0.4 is 5.32 Å². The molecule has 1 amide bonds. The average Bonchev–Trinajstić information content (AvgIpc) is 2.19. The summed E-state index contributed by atoms with van der Waals surface area (Å²) in [5.41, 5.74) is 1.44. The van der Waals surface area contributed by atoms with Gasteiger partial charge in [-0.2, -0.15) is 8.42 Å². The second-order valence-corrected chi connectivity index (χ2v) is 4.66. The molecule has 0 unspecified atom stereocenters. The van der Waals surface area contributed by atoms with Crippen molar-refractivity contribution in [2.45, 2.75) is 6.92 Å². The van der Waals surface area contributed by atoms with Crippen molar-refractivity contribution in [2.75, 3.05) is 5.32 Å². The number of carbonyl (C=O) groups is 1. The highest BCUT2D eigenvalue weighted by atomic mass is 32.2. The lowest BCUT2D eigenvalue weighted by atomic mass is 10.2. The molecule has 0 aliphatic rings.